The fourth-order valence-corrected chi connectivity index (χ4v) is 0.366. The topological polar surface area (TPSA) is 12.0 Å². The summed E-state index contributed by atoms with van der Waals surface area (Å²) < 4.78 is 12.1. The van der Waals surface area contributed by atoms with E-state index in [0.717, 1.165) is 0 Å². The smallest absolute Gasteiger partial charge is 0.112 e. The molecule has 7 heavy (non-hydrogen) atoms. The Hall–Kier alpha value is -0.110. The Balaban J connectivity index is 2.83. The predicted octanol–water partition coefficient (Wildman–Crippen LogP) is 0.954. The molecule has 0 aromatic carbocycles. The van der Waals surface area contributed by atoms with Crippen LogP contribution in [0.3, 0.4) is 0 Å². The van der Waals surface area contributed by atoms with Crippen molar-refractivity contribution in [3.8, 4) is 0 Å². The van der Waals surface area contributed by atoms with E-state index >= 15 is 0 Å². The Labute approximate surface area is 43.9 Å². The molecule has 1 atom stereocenters. The lowest BCUT2D eigenvalue weighted by atomic mass is 10.3. The van der Waals surface area contributed by atoms with Crippen molar-refractivity contribution < 1.29 is 4.39 Å². The Morgan fingerprint density at radius 3 is 2.43 bits per heavy atom. The van der Waals surface area contributed by atoms with Crippen LogP contribution in [0.5, 0.6) is 0 Å². The summed E-state index contributed by atoms with van der Waals surface area (Å²) in [6.07, 6.45) is -0.0501. The lowest BCUT2D eigenvalue weighted by Crippen LogP contribution is -2.18. The van der Waals surface area contributed by atoms with E-state index in [0.29, 0.717) is 13.0 Å². The lowest BCUT2D eigenvalue weighted by molar-refractivity contribution is 0.317. The summed E-state index contributed by atoms with van der Waals surface area (Å²) in [5.41, 5.74) is 0. The number of alkyl halides is 1. The first-order valence-corrected chi connectivity index (χ1v) is 2.60. The maximum Gasteiger partial charge on any atom is 0.112 e. The molecule has 0 saturated heterocycles. The zero-order chi connectivity index (χ0) is 5.70. The molecule has 0 aromatic rings. The first-order chi connectivity index (χ1) is 3.31. The Morgan fingerprint density at radius 1 is 1.71 bits per heavy atom. The summed E-state index contributed by atoms with van der Waals surface area (Å²) >= 11 is 0. The molecule has 0 aliphatic heterocycles. The maximum absolute atomic E-state index is 12.1. The van der Waals surface area contributed by atoms with Gasteiger partial charge in [0.15, 0.2) is 0 Å². The van der Waals surface area contributed by atoms with Crippen LogP contribution in [0, 0.1) is 0 Å². The molecule has 0 rings (SSSR count). The van der Waals surface area contributed by atoms with E-state index in [9.17, 15) is 4.39 Å². The van der Waals surface area contributed by atoms with Crippen molar-refractivity contribution in [2.24, 2.45) is 0 Å². The van der Waals surface area contributed by atoms with Gasteiger partial charge in [-0.05, 0) is 13.5 Å². The van der Waals surface area contributed by atoms with Gasteiger partial charge in [-0.15, -0.1) is 0 Å². The number of hydrogen-bond donors (Lipinski definition) is 1. The van der Waals surface area contributed by atoms with Crippen LogP contribution in [0.2, 0.25) is 0 Å². The van der Waals surface area contributed by atoms with Crippen molar-refractivity contribution in [1.29, 1.82) is 0 Å². The van der Waals surface area contributed by atoms with E-state index in [2.05, 4.69) is 5.32 Å². The van der Waals surface area contributed by atoms with Crippen LogP contribution >= 0.6 is 0 Å². The molecule has 2 heteroatoms. The van der Waals surface area contributed by atoms with Gasteiger partial charge in [0.05, 0.1) is 0 Å². The molecule has 0 saturated carbocycles. The van der Waals surface area contributed by atoms with Crippen LogP contribution in [-0.4, -0.2) is 19.8 Å². The highest BCUT2D eigenvalue weighted by atomic mass is 19.1. The van der Waals surface area contributed by atoms with Crippen molar-refractivity contribution in [3.63, 3.8) is 0 Å². The van der Waals surface area contributed by atoms with Crippen molar-refractivity contribution >= 4 is 0 Å². The third kappa shape index (κ3) is 3.73. The van der Waals surface area contributed by atoms with Gasteiger partial charge in [-0.25, -0.2) is 4.39 Å². The minimum atomic E-state index is -0.662. The van der Waals surface area contributed by atoms with Gasteiger partial charge >= 0.3 is 0 Å². The van der Waals surface area contributed by atoms with Gasteiger partial charge < -0.3 is 5.32 Å². The largest absolute Gasteiger partial charge is 0.317 e. The van der Waals surface area contributed by atoms with Crippen molar-refractivity contribution in [2.45, 2.75) is 19.5 Å². The number of hydrogen-bond acceptors (Lipinski definition) is 1. The molecule has 0 aliphatic carbocycles. The van der Waals surface area contributed by atoms with Crippen LogP contribution in [0.15, 0.2) is 0 Å². The van der Waals surface area contributed by atoms with Gasteiger partial charge in [-0.1, -0.05) is 6.92 Å². The van der Waals surface area contributed by atoms with Crippen LogP contribution in [-0.2, 0) is 0 Å². The number of rotatable bonds is 3. The standard InChI is InChI=1S/C5H12FN/c1-3-5(6)4-7-2/h5,7H,3-4H2,1-2H3/t5-/m0/s1. The van der Waals surface area contributed by atoms with E-state index in [4.69, 9.17) is 0 Å². The van der Waals surface area contributed by atoms with Gasteiger partial charge in [-0.3, -0.25) is 0 Å². The maximum atomic E-state index is 12.1. The summed E-state index contributed by atoms with van der Waals surface area (Å²) in [5, 5.41) is 2.74. The van der Waals surface area contributed by atoms with E-state index in [-0.39, 0.29) is 0 Å². The highest BCUT2D eigenvalue weighted by Gasteiger charge is 1.97. The Kier molecular flexibility index (Phi) is 4.00. The normalized spacial score (nSPS) is 14.1. The van der Waals surface area contributed by atoms with Gasteiger partial charge in [0, 0.05) is 6.54 Å². The van der Waals surface area contributed by atoms with Gasteiger partial charge in [0.1, 0.15) is 6.17 Å². The summed E-state index contributed by atoms with van der Waals surface area (Å²) in [6.45, 7) is 2.32. The molecule has 0 aromatic heterocycles. The Morgan fingerprint density at radius 2 is 2.29 bits per heavy atom. The van der Waals surface area contributed by atoms with Crippen molar-refractivity contribution in [3.05, 3.63) is 0 Å². The predicted molar refractivity (Wildman–Crippen MR) is 29.1 cm³/mol. The molecule has 0 heterocycles. The second kappa shape index (κ2) is 4.06. The van der Waals surface area contributed by atoms with E-state index in [1.54, 1.807) is 7.05 Å². The highest BCUT2D eigenvalue weighted by molar-refractivity contribution is 4.52. The van der Waals surface area contributed by atoms with E-state index in [1.165, 1.54) is 0 Å². The summed E-state index contributed by atoms with van der Waals surface area (Å²) in [7, 11) is 1.75. The summed E-state index contributed by atoms with van der Waals surface area (Å²) in [5.74, 6) is 0. The second-order valence-corrected chi connectivity index (χ2v) is 1.56. The molecule has 44 valence electrons. The molecule has 0 aliphatic rings. The second-order valence-electron chi connectivity index (χ2n) is 1.56. The average molecular weight is 105 g/mol. The van der Waals surface area contributed by atoms with Crippen molar-refractivity contribution in [2.75, 3.05) is 13.6 Å². The summed E-state index contributed by atoms with van der Waals surface area (Å²) in [4.78, 5) is 0. The van der Waals surface area contributed by atoms with E-state index in [1.807, 2.05) is 6.92 Å². The fraction of sp³-hybridized carbons (Fsp3) is 1.00. The van der Waals surface area contributed by atoms with E-state index < -0.39 is 6.17 Å². The van der Waals surface area contributed by atoms with Crippen molar-refractivity contribution in [1.82, 2.24) is 5.32 Å². The summed E-state index contributed by atoms with van der Waals surface area (Å²) in [6, 6.07) is 0. The quantitative estimate of drug-likeness (QED) is 0.563. The highest BCUT2D eigenvalue weighted by Crippen LogP contribution is 1.91. The minimum Gasteiger partial charge on any atom is -0.317 e. The average Bonchev–Trinajstić information content (AvgIpc) is 1.68. The zero-order valence-corrected chi connectivity index (χ0v) is 4.87. The molecule has 1 N–H and O–H groups in total. The molecule has 0 spiro atoms. The van der Waals surface area contributed by atoms with Crippen LogP contribution < -0.4 is 5.32 Å². The molecule has 0 amide bonds. The third-order valence-corrected chi connectivity index (χ3v) is 0.869. The monoisotopic (exact) mass is 105 g/mol. The SMILES string of the molecule is CC[C@H](F)CNC. The molecule has 0 fully saturated rings. The fourth-order valence-electron chi connectivity index (χ4n) is 0.366. The Bertz CT molecular complexity index is 39.1. The van der Waals surface area contributed by atoms with Crippen LogP contribution in [0.4, 0.5) is 4.39 Å². The molecule has 0 unspecified atom stereocenters. The van der Waals surface area contributed by atoms with Gasteiger partial charge in [-0.2, -0.15) is 0 Å². The van der Waals surface area contributed by atoms with Gasteiger partial charge in [0.25, 0.3) is 0 Å². The molecular weight excluding hydrogens is 93.1 g/mol. The molecule has 1 nitrogen and oxygen atoms in total. The van der Waals surface area contributed by atoms with Crippen LogP contribution in [0.25, 0.3) is 0 Å². The zero-order valence-electron chi connectivity index (χ0n) is 4.87. The number of halogens is 1. The van der Waals surface area contributed by atoms with Crippen LogP contribution in [0.1, 0.15) is 13.3 Å². The molecule has 0 bridgehead atoms. The first kappa shape index (κ1) is 6.89. The van der Waals surface area contributed by atoms with Gasteiger partial charge in [0.2, 0.25) is 0 Å². The molecular formula is C5H12FN. The number of nitrogens with one attached hydrogen (secondary N) is 1. The molecule has 0 radical (unpaired) electrons. The minimum absolute atomic E-state index is 0.483. The first-order valence-electron chi connectivity index (χ1n) is 2.60. The third-order valence-electron chi connectivity index (χ3n) is 0.869. The lowest BCUT2D eigenvalue weighted by Gasteiger charge is -2.00.